The van der Waals surface area contributed by atoms with Crippen molar-refractivity contribution >= 4 is 21.8 Å². The molecule has 0 N–H and O–H groups in total. The fourth-order valence-corrected chi connectivity index (χ4v) is 2.46. The van der Waals surface area contributed by atoms with Gasteiger partial charge >= 0.3 is 0 Å². The van der Waals surface area contributed by atoms with Crippen molar-refractivity contribution in [3.63, 3.8) is 0 Å². The first-order valence-electron chi connectivity index (χ1n) is 5.77. The van der Waals surface area contributed by atoms with Crippen LogP contribution in [0.15, 0.2) is 18.2 Å². The molecule has 1 aliphatic heterocycles. The SMILES string of the molecule is Cc1ccc(F)cc1C(=O)N1CCC(Br)CC1. The zero-order chi connectivity index (χ0) is 12.4. The Morgan fingerprint density at radius 1 is 1.41 bits per heavy atom. The maximum atomic E-state index is 13.2. The minimum atomic E-state index is -0.352. The molecule has 0 unspecified atom stereocenters. The summed E-state index contributed by atoms with van der Waals surface area (Å²) in [5, 5.41) is 0. The molecule has 17 heavy (non-hydrogen) atoms. The maximum Gasteiger partial charge on any atom is 0.254 e. The molecule has 0 saturated carbocycles. The number of amides is 1. The van der Waals surface area contributed by atoms with Gasteiger partial charge in [-0.2, -0.15) is 0 Å². The van der Waals surface area contributed by atoms with E-state index in [1.807, 2.05) is 6.92 Å². The molecule has 0 radical (unpaired) electrons. The first kappa shape index (κ1) is 12.6. The van der Waals surface area contributed by atoms with E-state index < -0.39 is 0 Å². The van der Waals surface area contributed by atoms with Crippen LogP contribution in [0, 0.1) is 12.7 Å². The average Bonchev–Trinajstić information content (AvgIpc) is 2.32. The predicted molar refractivity (Wildman–Crippen MR) is 69.0 cm³/mol. The van der Waals surface area contributed by atoms with Crippen LogP contribution in [0.4, 0.5) is 4.39 Å². The lowest BCUT2D eigenvalue weighted by atomic mass is 10.1. The molecule has 4 heteroatoms. The van der Waals surface area contributed by atoms with E-state index in [0.717, 1.165) is 31.5 Å². The summed E-state index contributed by atoms with van der Waals surface area (Å²) in [5.41, 5.74) is 1.32. The van der Waals surface area contributed by atoms with Gasteiger partial charge in [-0.1, -0.05) is 22.0 Å². The second kappa shape index (κ2) is 5.17. The summed E-state index contributed by atoms with van der Waals surface area (Å²) in [6, 6.07) is 4.37. The van der Waals surface area contributed by atoms with Gasteiger partial charge in [0.1, 0.15) is 5.82 Å². The number of nitrogens with zero attached hydrogens (tertiary/aromatic N) is 1. The lowest BCUT2D eigenvalue weighted by Crippen LogP contribution is -2.39. The number of aryl methyl sites for hydroxylation is 1. The minimum absolute atomic E-state index is 0.0543. The van der Waals surface area contributed by atoms with Crippen molar-refractivity contribution in [3.8, 4) is 0 Å². The highest BCUT2D eigenvalue weighted by molar-refractivity contribution is 9.09. The van der Waals surface area contributed by atoms with Crippen LogP contribution in [0.1, 0.15) is 28.8 Å². The summed E-state index contributed by atoms with van der Waals surface area (Å²) in [4.78, 5) is 14.5. The molecule has 0 spiro atoms. The molecule has 2 nitrogen and oxygen atoms in total. The highest BCUT2D eigenvalue weighted by Crippen LogP contribution is 2.20. The molecule has 1 aromatic carbocycles. The number of carbonyl (C=O) groups is 1. The number of halogens is 2. The van der Waals surface area contributed by atoms with E-state index in [1.165, 1.54) is 12.1 Å². The largest absolute Gasteiger partial charge is 0.339 e. The standard InChI is InChI=1S/C13H15BrFNO/c1-9-2-3-11(15)8-12(9)13(17)16-6-4-10(14)5-7-16/h2-3,8,10H,4-7H2,1H3. The molecule has 0 atom stereocenters. The third kappa shape index (κ3) is 2.86. The van der Waals surface area contributed by atoms with Crippen LogP contribution in [-0.4, -0.2) is 28.7 Å². The van der Waals surface area contributed by atoms with Crippen LogP contribution >= 0.6 is 15.9 Å². The molecule has 1 saturated heterocycles. The summed E-state index contributed by atoms with van der Waals surface area (Å²) in [6.07, 6.45) is 1.92. The van der Waals surface area contributed by atoms with E-state index in [9.17, 15) is 9.18 Å². The smallest absolute Gasteiger partial charge is 0.254 e. The summed E-state index contributed by atoms with van der Waals surface area (Å²) >= 11 is 3.55. The van der Waals surface area contributed by atoms with Gasteiger partial charge in [-0.05, 0) is 37.5 Å². The Balaban J connectivity index is 2.16. The van der Waals surface area contributed by atoms with Crippen molar-refractivity contribution in [1.29, 1.82) is 0 Å². The number of likely N-dealkylation sites (tertiary alicyclic amines) is 1. The summed E-state index contributed by atoms with van der Waals surface area (Å²) in [6.45, 7) is 3.32. The average molecular weight is 300 g/mol. The number of alkyl halides is 1. The number of rotatable bonds is 1. The Hall–Kier alpha value is -0.900. The highest BCUT2D eigenvalue weighted by Gasteiger charge is 2.23. The summed E-state index contributed by atoms with van der Waals surface area (Å²) in [7, 11) is 0. The van der Waals surface area contributed by atoms with Crippen molar-refractivity contribution in [1.82, 2.24) is 4.90 Å². The van der Waals surface area contributed by atoms with Crippen LogP contribution < -0.4 is 0 Å². The molecule has 1 aliphatic rings. The molecular weight excluding hydrogens is 285 g/mol. The van der Waals surface area contributed by atoms with Gasteiger partial charge in [-0.25, -0.2) is 4.39 Å². The van der Waals surface area contributed by atoms with E-state index in [4.69, 9.17) is 0 Å². The van der Waals surface area contributed by atoms with Crippen LogP contribution in [0.5, 0.6) is 0 Å². The summed E-state index contributed by atoms with van der Waals surface area (Å²) < 4.78 is 13.2. The van der Waals surface area contributed by atoms with E-state index in [0.29, 0.717) is 10.4 Å². The molecule has 92 valence electrons. The molecule has 1 heterocycles. The van der Waals surface area contributed by atoms with Crippen LogP contribution in [-0.2, 0) is 0 Å². The van der Waals surface area contributed by atoms with Gasteiger partial charge in [-0.3, -0.25) is 4.79 Å². The maximum absolute atomic E-state index is 13.2. The number of benzene rings is 1. The van der Waals surface area contributed by atoms with E-state index >= 15 is 0 Å². The number of hydrogen-bond acceptors (Lipinski definition) is 1. The third-order valence-corrected chi connectivity index (χ3v) is 4.06. The molecule has 1 fully saturated rings. The first-order valence-corrected chi connectivity index (χ1v) is 6.69. The van der Waals surface area contributed by atoms with E-state index in [-0.39, 0.29) is 11.7 Å². The van der Waals surface area contributed by atoms with Crippen molar-refractivity contribution in [2.45, 2.75) is 24.6 Å². The van der Waals surface area contributed by atoms with Gasteiger partial charge in [0.15, 0.2) is 0 Å². The topological polar surface area (TPSA) is 20.3 Å². The second-order valence-electron chi connectivity index (χ2n) is 4.43. The molecule has 2 rings (SSSR count). The second-order valence-corrected chi connectivity index (χ2v) is 5.72. The van der Waals surface area contributed by atoms with Gasteiger partial charge in [-0.15, -0.1) is 0 Å². The monoisotopic (exact) mass is 299 g/mol. The van der Waals surface area contributed by atoms with Crippen molar-refractivity contribution in [2.24, 2.45) is 0 Å². The van der Waals surface area contributed by atoms with E-state index in [2.05, 4.69) is 15.9 Å². The van der Waals surface area contributed by atoms with Gasteiger partial charge in [0.2, 0.25) is 0 Å². The molecular formula is C13H15BrFNO. The lowest BCUT2D eigenvalue weighted by molar-refractivity contribution is 0.0727. The van der Waals surface area contributed by atoms with Gasteiger partial charge < -0.3 is 4.90 Å². The third-order valence-electron chi connectivity index (χ3n) is 3.14. The van der Waals surface area contributed by atoms with Crippen LogP contribution in [0.3, 0.4) is 0 Å². The predicted octanol–water partition coefficient (Wildman–Crippen LogP) is 3.13. The normalized spacial score (nSPS) is 17.2. The van der Waals surface area contributed by atoms with Gasteiger partial charge in [0, 0.05) is 23.5 Å². The Bertz CT molecular complexity index is 427. The van der Waals surface area contributed by atoms with Crippen molar-refractivity contribution in [2.75, 3.05) is 13.1 Å². The van der Waals surface area contributed by atoms with Crippen molar-refractivity contribution < 1.29 is 9.18 Å². The number of piperidine rings is 1. The fourth-order valence-electron chi connectivity index (χ4n) is 2.05. The van der Waals surface area contributed by atoms with Crippen LogP contribution in [0.25, 0.3) is 0 Å². The first-order chi connectivity index (χ1) is 8.08. The number of hydrogen-bond donors (Lipinski definition) is 0. The summed E-state index contributed by atoms with van der Waals surface area (Å²) in [5.74, 6) is -0.407. The molecule has 0 bridgehead atoms. The van der Waals surface area contributed by atoms with Crippen molar-refractivity contribution in [3.05, 3.63) is 35.1 Å². The molecule has 1 aromatic rings. The highest BCUT2D eigenvalue weighted by atomic mass is 79.9. The number of carbonyl (C=O) groups excluding carboxylic acids is 1. The molecule has 1 amide bonds. The Morgan fingerprint density at radius 3 is 2.71 bits per heavy atom. The fraction of sp³-hybridized carbons (Fsp3) is 0.462. The zero-order valence-corrected chi connectivity index (χ0v) is 11.3. The zero-order valence-electron chi connectivity index (χ0n) is 9.75. The Morgan fingerprint density at radius 2 is 2.06 bits per heavy atom. The Kier molecular flexibility index (Phi) is 3.82. The quantitative estimate of drug-likeness (QED) is 0.730. The van der Waals surface area contributed by atoms with Gasteiger partial charge in [0.05, 0.1) is 0 Å². The molecule has 0 aromatic heterocycles. The molecule has 0 aliphatic carbocycles. The lowest BCUT2D eigenvalue weighted by Gasteiger charge is -2.30. The minimum Gasteiger partial charge on any atom is -0.339 e. The van der Waals surface area contributed by atoms with Gasteiger partial charge in [0.25, 0.3) is 5.91 Å². The van der Waals surface area contributed by atoms with Crippen LogP contribution in [0.2, 0.25) is 0 Å². The Labute approximate surface area is 109 Å². The van der Waals surface area contributed by atoms with E-state index in [1.54, 1.807) is 11.0 Å².